The molecule has 0 saturated carbocycles. The lowest BCUT2D eigenvalue weighted by molar-refractivity contribution is 0.503. The van der Waals surface area contributed by atoms with Crippen LogP contribution >= 0.6 is 0 Å². The number of rotatable bonds is 4. The van der Waals surface area contributed by atoms with Crippen LogP contribution in [0.4, 0.5) is 4.39 Å². The molecular weight excluding hydrogens is 333 g/mol. The lowest BCUT2D eigenvalue weighted by Gasteiger charge is -2.14. The van der Waals surface area contributed by atoms with Crippen LogP contribution in [-0.2, 0) is 29.5 Å². The maximum atomic E-state index is 14.0. The van der Waals surface area contributed by atoms with Crippen molar-refractivity contribution < 1.29 is 12.8 Å². The topological polar surface area (TPSA) is 92.7 Å². The van der Waals surface area contributed by atoms with Crippen LogP contribution in [0.2, 0.25) is 0 Å². The summed E-state index contributed by atoms with van der Waals surface area (Å²) in [7, 11) is -3.87. The summed E-state index contributed by atoms with van der Waals surface area (Å²) in [6.45, 7) is 0.817. The van der Waals surface area contributed by atoms with Crippen molar-refractivity contribution in [3.63, 3.8) is 0 Å². The predicted molar refractivity (Wildman–Crippen MR) is 85.2 cm³/mol. The number of halogens is 1. The highest BCUT2D eigenvalue weighted by molar-refractivity contribution is 7.89. The van der Waals surface area contributed by atoms with Crippen molar-refractivity contribution in [2.24, 2.45) is 0 Å². The number of nitrogens with zero attached hydrogens (tertiary/aromatic N) is 3. The van der Waals surface area contributed by atoms with Gasteiger partial charge in [0.25, 0.3) is 0 Å². The molecule has 24 heavy (non-hydrogen) atoms. The van der Waals surface area contributed by atoms with E-state index in [-0.39, 0.29) is 16.8 Å². The third kappa shape index (κ3) is 2.49. The molecule has 0 fully saturated rings. The zero-order chi connectivity index (χ0) is 16.7. The Kier molecular flexibility index (Phi) is 3.61. The normalized spacial score (nSPS) is 14.9. The second-order valence-corrected chi connectivity index (χ2v) is 7.52. The molecule has 0 unspecified atom stereocenters. The van der Waals surface area contributed by atoms with Gasteiger partial charge in [-0.25, -0.2) is 17.5 Å². The van der Waals surface area contributed by atoms with E-state index in [1.165, 1.54) is 18.3 Å². The molecule has 0 amide bonds. The summed E-state index contributed by atoms with van der Waals surface area (Å²) in [5.74, 6) is 0.885. The SMILES string of the molecule is O=S(=O)(NCc1nnc2n1CCCC2)c1c[nH]c2cccc(F)c12. The summed E-state index contributed by atoms with van der Waals surface area (Å²) < 4.78 is 43.6. The van der Waals surface area contributed by atoms with E-state index in [1.807, 2.05) is 4.57 Å². The van der Waals surface area contributed by atoms with Crippen LogP contribution < -0.4 is 4.72 Å². The van der Waals surface area contributed by atoms with Crippen LogP contribution in [0.1, 0.15) is 24.5 Å². The number of nitrogens with one attached hydrogen (secondary N) is 2. The molecule has 2 aromatic heterocycles. The smallest absolute Gasteiger partial charge is 0.243 e. The fraction of sp³-hybridized carbons (Fsp3) is 0.333. The van der Waals surface area contributed by atoms with Crippen LogP contribution in [0.5, 0.6) is 0 Å². The van der Waals surface area contributed by atoms with E-state index < -0.39 is 15.8 Å². The number of aryl methyl sites for hydroxylation is 1. The van der Waals surface area contributed by atoms with Gasteiger partial charge in [0, 0.05) is 24.7 Å². The summed E-state index contributed by atoms with van der Waals surface area (Å²) in [5.41, 5.74) is 0.440. The fourth-order valence-corrected chi connectivity index (χ4v) is 4.22. The Bertz CT molecular complexity index is 1010. The maximum Gasteiger partial charge on any atom is 0.243 e. The van der Waals surface area contributed by atoms with Crippen LogP contribution in [0.15, 0.2) is 29.3 Å². The van der Waals surface area contributed by atoms with E-state index >= 15 is 0 Å². The number of hydrogen-bond donors (Lipinski definition) is 2. The molecule has 0 atom stereocenters. The molecule has 0 bridgehead atoms. The van der Waals surface area contributed by atoms with Crippen LogP contribution in [-0.4, -0.2) is 28.2 Å². The highest BCUT2D eigenvalue weighted by Crippen LogP contribution is 2.25. The van der Waals surface area contributed by atoms with Crippen molar-refractivity contribution in [3.8, 4) is 0 Å². The second-order valence-electron chi connectivity index (χ2n) is 5.78. The minimum Gasteiger partial charge on any atom is -0.360 e. The number of benzene rings is 1. The van der Waals surface area contributed by atoms with Gasteiger partial charge in [0.05, 0.1) is 11.9 Å². The van der Waals surface area contributed by atoms with E-state index in [1.54, 1.807) is 6.07 Å². The first-order valence-corrected chi connectivity index (χ1v) is 9.21. The number of aromatic nitrogens is 4. The Balaban J connectivity index is 1.63. The number of fused-ring (bicyclic) bond motifs is 2. The van der Waals surface area contributed by atoms with Crippen molar-refractivity contribution in [1.29, 1.82) is 0 Å². The molecule has 1 aliphatic heterocycles. The number of sulfonamides is 1. The molecule has 0 spiro atoms. The first kappa shape index (κ1) is 15.3. The van der Waals surface area contributed by atoms with Crippen LogP contribution in [0.25, 0.3) is 10.9 Å². The van der Waals surface area contributed by atoms with Crippen LogP contribution in [0.3, 0.4) is 0 Å². The van der Waals surface area contributed by atoms with E-state index in [0.29, 0.717) is 11.3 Å². The Morgan fingerprint density at radius 1 is 1.29 bits per heavy atom. The summed E-state index contributed by atoms with van der Waals surface area (Å²) in [4.78, 5) is 2.68. The molecule has 1 aromatic carbocycles. The van der Waals surface area contributed by atoms with Gasteiger partial charge in [-0.15, -0.1) is 10.2 Å². The molecule has 4 rings (SSSR count). The maximum absolute atomic E-state index is 14.0. The highest BCUT2D eigenvalue weighted by Gasteiger charge is 2.23. The van der Waals surface area contributed by atoms with Gasteiger partial charge in [0.1, 0.15) is 22.4 Å². The zero-order valence-corrected chi connectivity index (χ0v) is 13.6. The summed E-state index contributed by atoms with van der Waals surface area (Å²) in [6, 6.07) is 4.40. The van der Waals surface area contributed by atoms with E-state index in [9.17, 15) is 12.8 Å². The first-order chi connectivity index (χ1) is 11.6. The molecule has 3 heterocycles. The van der Waals surface area contributed by atoms with Gasteiger partial charge in [0.2, 0.25) is 10.0 Å². The second kappa shape index (κ2) is 5.67. The molecule has 9 heteroatoms. The fourth-order valence-electron chi connectivity index (χ4n) is 3.06. The number of hydrogen-bond acceptors (Lipinski definition) is 4. The standard InChI is InChI=1S/C15H16FN5O2S/c16-10-4-3-5-11-15(10)12(8-17-11)24(22,23)18-9-14-20-19-13-6-1-2-7-21(13)14/h3-5,8,17-18H,1-2,6-7,9H2. The Morgan fingerprint density at radius 2 is 2.17 bits per heavy atom. The third-order valence-electron chi connectivity index (χ3n) is 4.26. The summed E-state index contributed by atoms with van der Waals surface area (Å²) in [5, 5.41) is 8.23. The number of aromatic amines is 1. The lowest BCUT2D eigenvalue weighted by atomic mass is 10.2. The van der Waals surface area contributed by atoms with Gasteiger partial charge >= 0.3 is 0 Å². The van der Waals surface area contributed by atoms with Crippen molar-refractivity contribution in [2.45, 2.75) is 37.2 Å². The molecule has 126 valence electrons. The van der Waals surface area contributed by atoms with Crippen LogP contribution in [0, 0.1) is 5.82 Å². The summed E-state index contributed by atoms with van der Waals surface area (Å²) >= 11 is 0. The Morgan fingerprint density at radius 3 is 3.04 bits per heavy atom. The van der Waals surface area contributed by atoms with E-state index in [0.717, 1.165) is 31.6 Å². The minimum absolute atomic E-state index is 0.0243. The van der Waals surface area contributed by atoms with Crippen molar-refractivity contribution in [2.75, 3.05) is 0 Å². The summed E-state index contributed by atoms with van der Waals surface area (Å²) in [6.07, 6.45) is 4.25. The third-order valence-corrected chi connectivity index (χ3v) is 5.69. The van der Waals surface area contributed by atoms with Crippen molar-refractivity contribution in [3.05, 3.63) is 41.9 Å². The zero-order valence-electron chi connectivity index (χ0n) is 12.8. The van der Waals surface area contributed by atoms with Crippen molar-refractivity contribution in [1.82, 2.24) is 24.5 Å². The molecule has 0 radical (unpaired) electrons. The number of H-pyrrole nitrogens is 1. The molecule has 7 nitrogen and oxygen atoms in total. The Hall–Kier alpha value is -2.26. The van der Waals surface area contributed by atoms with E-state index in [2.05, 4.69) is 19.9 Å². The molecule has 3 aromatic rings. The minimum atomic E-state index is -3.87. The molecule has 1 aliphatic rings. The van der Waals surface area contributed by atoms with Gasteiger partial charge in [-0.1, -0.05) is 6.07 Å². The molecular formula is C15H16FN5O2S. The monoisotopic (exact) mass is 349 g/mol. The Labute approximate surface area is 138 Å². The molecule has 0 saturated heterocycles. The van der Waals surface area contributed by atoms with Gasteiger partial charge in [-0.05, 0) is 25.0 Å². The average Bonchev–Trinajstić information content (AvgIpc) is 3.18. The molecule has 2 N–H and O–H groups in total. The van der Waals surface area contributed by atoms with Gasteiger partial charge in [-0.2, -0.15) is 0 Å². The van der Waals surface area contributed by atoms with E-state index in [4.69, 9.17) is 0 Å². The quantitative estimate of drug-likeness (QED) is 0.750. The average molecular weight is 349 g/mol. The van der Waals surface area contributed by atoms with Gasteiger partial charge < -0.3 is 9.55 Å². The van der Waals surface area contributed by atoms with Gasteiger partial charge in [0.15, 0.2) is 0 Å². The first-order valence-electron chi connectivity index (χ1n) is 7.72. The lowest BCUT2D eigenvalue weighted by Crippen LogP contribution is -2.26. The highest BCUT2D eigenvalue weighted by atomic mass is 32.2. The van der Waals surface area contributed by atoms with Crippen molar-refractivity contribution >= 4 is 20.9 Å². The largest absolute Gasteiger partial charge is 0.360 e. The van der Waals surface area contributed by atoms with Gasteiger partial charge in [-0.3, -0.25) is 0 Å². The predicted octanol–water partition coefficient (Wildman–Crippen LogP) is 1.71. The molecule has 0 aliphatic carbocycles.